The summed E-state index contributed by atoms with van der Waals surface area (Å²) in [5.41, 5.74) is 0.512. The zero-order chi connectivity index (χ0) is 19.2. The molecule has 26 heavy (non-hydrogen) atoms. The maximum Gasteiger partial charge on any atom is 0.317 e. The summed E-state index contributed by atoms with van der Waals surface area (Å²) >= 11 is 0. The van der Waals surface area contributed by atoms with Crippen molar-refractivity contribution in [1.29, 1.82) is 0 Å². The van der Waals surface area contributed by atoms with E-state index in [1.807, 2.05) is 0 Å². The van der Waals surface area contributed by atoms with Gasteiger partial charge in [-0.25, -0.2) is 13.2 Å². The summed E-state index contributed by atoms with van der Waals surface area (Å²) in [5, 5.41) is 11.3. The van der Waals surface area contributed by atoms with Crippen LogP contribution in [0.25, 0.3) is 0 Å². The third-order valence-corrected chi connectivity index (χ3v) is 6.34. The molecule has 9 heteroatoms. The summed E-state index contributed by atoms with van der Waals surface area (Å²) < 4.78 is 27.3. The maximum atomic E-state index is 12.9. The number of rotatable bonds is 7. The molecule has 1 fully saturated rings. The molecule has 0 unspecified atom stereocenters. The van der Waals surface area contributed by atoms with Crippen LogP contribution in [0.3, 0.4) is 0 Å². The highest BCUT2D eigenvalue weighted by molar-refractivity contribution is 7.89. The molecule has 1 aliphatic rings. The van der Waals surface area contributed by atoms with Crippen LogP contribution in [0.5, 0.6) is 0 Å². The highest BCUT2D eigenvalue weighted by atomic mass is 32.2. The predicted molar refractivity (Wildman–Crippen MR) is 96.2 cm³/mol. The fourth-order valence-corrected chi connectivity index (χ4v) is 4.56. The van der Waals surface area contributed by atoms with Crippen molar-refractivity contribution in [3.05, 3.63) is 29.8 Å². The van der Waals surface area contributed by atoms with Crippen LogP contribution in [0.2, 0.25) is 0 Å². The minimum Gasteiger partial charge on any atom is -0.481 e. The molecule has 0 bridgehead atoms. The molecular weight excluding hydrogens is 358 g/mol. The van der Waals surface area contributed by atoms with Gasteiger partial charge in [-0.1, -0.05) is 24.6 Å². The minimum atomic E-state index is -3.59. The van der Waals surface area contributed by atoms with Crippen molar-refractivity contribution >= 4 is 22.0 Å². The molecule has 0 saturated carbocycles. The van der Waals surface area contributed by atoms with Gasteiger partial charge in [0, 0.05) is 33.2 Å². The van der Waals surface area contributed by atoms with Crippen LogP contribution < -0.4 is 5.32 Å². The zero-order valence-electron chi connectivity index (χ0n) is 14.8. The van der Waals surface area contributed by atoms with Gasteiger partial charge >= 0.3 is 12.0 Å². The Morgan fingerprint density at radius 3 is 2.50 bits per heavy atom. The Hall–Kier alpha value is -2.13. The summed E-state index contributed by atoms with van der Waals surface area (Å²) in [5.74, 6) is -0.984. The summed E-state index contributed by atoms with van der Waals surface area (Å²) in [6.45, 7) is 1.16. The number of amides is 2. The quantitative estimate of drug-likeness (QED) is 0.742. The number of urea groups is 1. The monoisotopic (exact) mass is 383 g/mol. The lowest BCUT2D eigenvalue weighted by molar-refractivity contribution is -0.137. The first-order valence-corrected chi connectivity index (χ1v) is 10.0. The third kappa shape index (κ3) is 5.18. The second kappa shape index (κ2) is 9.00. The summed E-state index contributed by atoms with van der Waals surface area (Å²) in [7, 11) is -2.10. The van der Waals surface area contributed by atoms with E-state index in [1.165, 1.54) is 16.3 Å². The van der Waals surface area contributed by atoms with Gasteiger partial charge in [-0.05, 0) is 24.5 Å². The van der Waals surface area contributed by atoms with Crippen molar-refractivity contribution in [3.63, 3.8) is 0 Å². The number of hydrogen-bond donors (Lipinski definition) is 2. The van der Waals surface area contributed by atoms with Crippen LogP contribution in [-0.4, -0.2) is 61.4 Å². The molecule has 0 radical (unpaired) electrons. The molecule has 1 saturated heterocycles. The largest absolute Gasteiger partial charge is 0.481 e. The normalized spacial score (nSPS) is 15.4. The molecule has 8 nitrogen and oxygen atoms in total. The Bertz CT molecular complexity index is 745. The van der Waals surface area contributed by atoms with Gasteiger partial charge in [-0.2, -0.15) is 4.31 Å². The van der Waals surface area contributed by atoms with Gasteiger partial charge in [-0.15, -0.1) is 0 Å². The number of piperidine rings is 1. The summed E-state index contributed by atoms with van der Waals surface area (Å²) in [4.78, 5) is 24.1. The highest BCUT2D eigenvalue weighted by Crippen LogP contribution is 2.23. The lowest BCUT2D eigenvalue weighted by Crippen LogP contribution is -2.39. The number of nitrogens with one attached hydrogen (secondary N) is 1. The molecule has 0 aliphatic carbocycles. The second-order valence-corrected chi connectivity index (χ2v) is 8.20. The van der Waals surface area contributed by atoms with E-state index in [9.17, 15) is 18.0 Å². The number of carbonyl (C=O) groups is 2. The number of benzene rings is 1. The van der Waals surface area contributed by atoms with E-state index in [0.29, 0.717) is 18.7 Å². The van der Waals surface area contributed by atoms with Crippen LogP contribution in [0, 0.1) is 0 Å². The Balaban J connectivity index is 2.07. The van der Waals surface area contributed by atoms with Crippen LogP contribution in [0.1, 0.15) is 31.2 Å². The van der Waals surface area contributed by atoms with Crippen molar-refractivity contribution in [3.8, 4) is 0 Å². The van der Waals surface area contributed by atoms with Gasteiger partial charge < -0.3 is 15.3 Å². The average Bonchev–Trinajstić information content (AvgIpc) is 2.65. The van der Waals surface area contributed by atoms with Crippen LogP contribution in [-0.2, 0) is 21.4 Å². The van der Waals surface area contributed by atoms with Gasteiger partial charge in [0.05, 0.1) is 11.3 Å². The number of nitrogens with zero attached hydrogens (tertiary/aromatic N) is 2. The van der Waals surface area contributed by atoms with E-state index in [4.69, 9.17) is 5.11 Å². The summed E-state index contributed by atoms with van der Waals surface area (Å²) in [6.07, 6.45) is 2.59. The van der Waals surface area contributed by atoms with Gasteiger partial charge in [0.1, 0.15) is 0 Å². The van der Waals surface area contributed by atoms with Gasteiger partial charge in [0.2, 0.25) is 10.0 Å². The van der Waals surface area contributed by atoms with E-state index in [2.05, 4.69) is 5.32 Å². The molecule has 2 N–H and O–H groups in total. The smallest absolute Gasteiger partial charge is 0.317 e. The molecule has 0 spiro atoms. The second-order valence-electron chi connectivity index (χ2n) is 6.30. The number of hydrogen-bond acceptors (Lipinski definition) is 4. The summed E-state index contributed by atoms with van der Waals surface area (Å²) in [6, 6.07) is 6.18. The molecular formula is C17H25N3O5S. The fourth-order valence-electron chi connectivity index (χ4n) is 2.82. The van der Waals surface area contributed by atoms with E-state index in [1.54, 1.807) is 24.3 Å². The Labute approximate surface area is 153 Å². The third-order valence-electron chi connectivity index (χ3n) is 4.34. The van der Waals surface area contributed by atoms with Gasteiger partial charge in [0.15, 0.2) is 0 Å². The van der Waals surface area contributed by atoms with Crippen LogP contribution in [0.4, 0.5) is 4.79 Å². The number of carbonyl (C=O) groups excluding carboxylic acids is 1. The standard InChI is InChI=1S/C17H25N3O5S/c1-19(12-9-16(21)22)17(23)18-13-14-7-3-4-8-15(14)26(24,25)20-10-5-2-6-11-20/h3-4,7-8H,2,5-6,9-13H2,1H3,(H,18,23)(H,21,22). The van der Waals surface area contributed by atoms with Crippen LogP contribution >= 0.6 is 0 Å². The van der Waals surface area contributed by atoms with E-state index < -0.39 is 22.0 Å². The lowest BCUT2D eigenvalue weighted by atomic mass is 10.2. The minimum absolute atomic E-state index is 0.0550. The van der Waals surface area contributed by atoms with Crippen molar-refractivity contribution in [1.82, 2.24) is 14.5 Å². The molecule has 1 heterocycles. The molecule has 2 amide bonds. The first kappa shape index (κ1) is 20.2. The van der Waals surface area contributed by atoms with Crippen molar-refractivity contribution in [2.45, 2.75) is 37.1 Å². The first-order valence-electron chi connectivity index (χ1n) is 8.61. The molecule has 1 aromatic carbocycles. The number of sulfonamides is 1. The van der Waals surface area contributed by atoms with Crippen molar-refractivity contribution in [2.24, 2.45) is 0 Å². The van der Waals surface area contributed by atoms with Gasteiger partial charge in [-0.3, -0.25) is 4.79 Å². The molecule has 144 valence electrons. The van der Waals surface area contributed by atoms with E-state index in [-0.39, 0.29) is 24.4 Å². The van der Waals surface area contributed by atoms with Gasteiger partial charge in [0.25, 0.3) is 0 Å². The predicted octanol–water partition coefficient (Wildman–Crippen LogP) is 1.48. The van der Waals surface area contributed by atoms with E-state index >= 15 is 0 Å². The lowest BCUT2D eigenvalue weighted by Gasteiger charge is -2.27. The zero-order valence-corrected chi connectivity index (χ0v) is 15.7. The SMILES string of the molecule is CN(CCC(=O)O)C(=O)NCc1ccccc1S(=O)(=O)N1CCCCC1. The maximum absolute atomic E-state index is 12.9. The van der Waals surface area contributed by atoms with Crippen molar-refractivity contribution in [2.75, 3.05) is 26.7 Å². The number of aliphatic carboxylic acids is 1. The average molecular weight is 383 g/mol. The molecule has 0 atom stereocenters. The fraction of sp³-hybridized carbons (Fsp3) is 0.529. The highest BCUT2D eigenvalue weighted by Gasteiger charge is 2.28. The van der Waals surface area contributed by atoms with Crippen molar-refractivity contribution < 1.29 is 23.1 Å². The molecule has 2 rings (SSSR count). The van der Waals surface area contributed by atoms with E-state index in [0.717, 1.165) is 19.3 Å². The molecule has 1 aromatic rings. The number of carboxylic acid groups (broad SMARTS) is 1. The molecule has 1 aliphatic heterocycles. The Morgan fingerprint density at radius 1 is 1.19 bits per heavy atom. The topological polar surface area (TPSA) is 107 Å². The number of carboxylic acids is 1. The Kier molecular flexibility index (Phi) is 6.98. The van der Waals surface area contributed by atoms with Crippen LogP contribution in [0.15, 0.2) is 29.2 Å². The first-order chi connectivity index (χ1) is 12.3. The Morgan fingerprint density at radius 2 is 1.85 bits per heavy atom. The molecule has 0 aromatic heterocycles.